The van der Waals surface area contributed by atoms with Crippen LogP contribution in [0, 0.1) is 0 Å². The Morgan fingerprint density at radius 2 is 2.11 bits per heavy atom. The molecule has 1 fully saturated rings. The van der Waals surface area contributed by atoms with Gasteiger partial charge in [-0.25, -0.2) is 4.98 Å². The predicted molar refractivity (Wildman–Crippen MR) is 68.3 cm³/mol. The molecule has 0 saturated carbocycles. The van der Waals surface area contributed by atoms with E-state index < -0.39 is 0 Å². The van der Waals surface area contributed by atoms with Crippen LogP contribution in [0.25, 0.3) is 0 Å². The van der Waals surface area contributed by atoms with Gasteiger partial charge in [0, 0.05) is 51.7 Å². The Morgan fingerprint density at radius 3 is 2.78 bits per heavy atom. The number of carbonyl (C=O) groups excluding carboxylic acids is 1. The smallest absolute Gasteiger partial charge is 0.271 e. The molecule has 0 aliphatic carbocycles. The van der Waals surface area contributed by atoms with Crippen molar-refractivity contribution in [3.8, 4) is 0 Å². The van der Waals surface area contributed by atoms with Gasteiger partial charge in [-0.3, -0.25) is 14.7 Å². The highest BCUT2D eigenvalue weighted by molar-refractivity contribution is 5.91. The summed E-state index contributed by atoms with van der Waals surface area (Å²) in [5.74, 6) is -0.155. The fourth-order valence-electron chi connectivity index (χ4n) is 1.91. The van der Waals surface area contributed by atoms with Crippen molar-refractivity contribution in [2.75, 3.05) is 46.3 Å². The summed E-state index contributed by atoms with van der Waals surface area (Å²) in [6, 6.07) is 0. The number of aromatic nitrogens is 2. The van der Waals surface area contributed by atoms with Crippen molar-refractivity contribution in [1.29, 1.82) is 0 Å². The van der Waals surface area contributed by atoms with E-state index >= 15 is 0 Å². The van der Waals surface area contributed by atoms with Gasteiger partial charge in [0.05, 0.1) is 6.20 Å². The average molecular weight is 249 g/mol. The third kappa shape index (κ3) is 3.75. The van der Waals surface area contributed by atoms with E-state index in [-0.39, 0.29) is 5.91 Å². The molecule has 0 atom stereocenters. The van der Waals surface area contributed by atoms with E-state index in [1.165, 1.54) is 12.4 Å². The second-order valence-electron chi connectivity index (χ2n) is 4.49. The van der Waals surface area contributed by atoms with E-state index in [0.717, 1.165) is 32.7 Å². The normalized spacial score (nSPS) is 17.6. The first-order chi connectivity index (χ1) is 8.75. The standard InChI is InChI=1S/C12H19N5O/c1-16-6-8-17(9-7-16)5-4-15-12(18)11-10-13-2-3-14-11/h2-3,10H,4-9H2,1H3,(H,15,18). The van der Waals surface area contributed by atoms with Crippen molar-refractivity contribution >= 4 is 5.91 Å². The van der Waals surface area contributed by atoms with Crippen LogP contribution in [0.3, 0.4) is 0 Å². The third-order valence-electron chi connectivity index (χ3n) is 3.11. The molecule has 0 aromatic carbocycles. The van der Waals surface area contributed by atoms with Gasteiger partial charge in [-0.1, -0.05) is 0 Å². The molecule has 18 heavy (non-hydrogen) atoms. The number of carbonyl (C=O) groups is 1. The van der Waals surface area contributed by atoms with Gasteiger partial charge in [-0.05, 0) is 7.05 Å². The maximum absolute atomic E-state index is 11.7. The van der Waals surface area contributed by atoms with Crippen LogP contribution in [0.4, 0.5) is 0 Å². The zero-order chi connectivity index (χ0) is 12.8. The molecule has 98 valence electrons. The minimum Gasteiger partial charge on any atom is -0.349 e. The number of piperazine rings is 1. The van der Waals surface area contributed by atoms with Crippen LogP contribution in [-0.2, 0) is 0 Å². The van der Waals surface area contributed by atoms with E-state index in [2.05, 4.69) is 32.1 Å². The topological polar surface area (TPSA) is 61.4 Å². The van der Waals surface area contributed by atoms with Crippen LogP contribution in [0.2, 0.25) is 0 Å². The maximum atomic E-state index is 11.7. The Morgan fingerprint density at radius 1 is 1.33 bits per heavy atom. The largest absolute Gasteiger partial charge is 0.349 e. The number of hydrogen-bond acceptors (Lipinski definition) is 5. The quantitative estimate of drug-likeness (QED) is 0.776. The Kier molecular flexibility index (Phi) is 4.60. The first-order valence-electron chi connectivity index (χ1n) is 6.21. The molecular weight excluding hydrogens is 230 g/mol. The molecule has 6 nitrogen and oxygen atoms in total. The molecule has 1 amide bonds. The molecule has 1 aromatic heterocycles. The summed E-state index contributed by atoms with van der Waals surface area (Å²) in [5, 5.41) is 2.86. The van der Waals surface area contributed by atoms with Gasteiger partial charge in [-0.2, -0.15) is 0 Å². The van der Waals surface area contributed by atoms with Crippen molar-refractivity contribution in [2.45, 2.75) is 0 Å². The molecule has 0 radical (unpaired) electrons. The summed E-state index contributed by atoms with van der Waals surface area (Å²) < 4.78 is 0. The van der Waals surface area contributed by atoms with Crippen LogP contribution in [-0.4, -0.2) is 72.0 Å². The zero-order valence-corrected chi connectivity index (χ0v) is 10.7. The Balaban J connectivity index is 1.68. The molecule has 1 N–H and O–H groups in total. The predicted octanol–water partition coefficient (Wildman–Crippen LogP) is -0.546. The van der Waals surface area contributed by atoms with Gasteiger partial charge < -0.3 is 10.2 Å². The van der Waals surface area contributed by atoms with E-state index in [9.17, 15) is 4.79 Å². The molecule has 0 spiro atoms. The minimum absolute atomic E-state index is 0.155. The Bertz CT molecular complexity index is 375. The van der Waals surface area contributed by atoms with Crippen LogP contribution < -0.4 is 5.32 Å². The van der Waals surface area contributed by atoms with Crippen molar-refractivity contribution in [1.82, 2.24) is 25.1 Å². The number of amides is 1. The molecule has 1 saturated heterocycles. The Hall–Kier alpha value is -1.53. The van der Waals surface area contributed by atoms with E-state index in [1.807, 2.05) is 0 Å². The summed E-state index contributed by atoms with van der Waals surface area (Å²) in [5.41, 5.74) is 0.371. The lowest BCUT2D eigenvalue weighted by Crippen LogP contribution is -2.46. The fraction of sp³-hybridized carbons (Fsp3) is 0.583. The van der Waals surface area contributed by atoms with Gasteiger partial charge in [0.25, 0.3) is 5.91 Å². The molecule has 2 heterocycles. The molecule has 0 bridgehead atoms. The molecule has 2 rings (SSSR count). The Labute approximate surface area is 107 Å². The summed E-state index contributed by atoms with van der Waals surface area (Å²) in [7, 11) is 2.13. The van der Waals surface area contributed by atoms with Gasteiger partial charge in [0.2, 0.25) is 0 Å². The highest BCUT2D eigenvalue weighted by Gasteiger charge is 2.13. The highest BCUT2D eigenvalue weighted by Crippen LogP contribution is 1.97. The monoisotopic (exact) mass is 249 g/mol. The van der Waals surface area contributed by atoms with Crippen LogP contribution in [0.15, 0.2) is 18.6 Å². The zero-order valence-electron chi connectivity index (χ0n) is 10.7. The minimum atomic E-state index is -0.155. The van der Waals surface area contributed by atoms with Crippen LogP contribution >= 0.6 is 0 Å². The lowest BCUT2D eigenvalue weighted by Gasteiger charge is -2.32. The summed E-state index contributed by atoms with van der Waals surface area (Å²) in [6.07, 6.45) is 4.56. The third-order valence-corrected chi connectivity index (χ3v) is 3.11. The van der Waals surface area contributed by atoms with Gasteiger partial charge in [0.15, 0.2) is 0 Å². The summed E-state index contributed by atoms with van der Waals surface area (Å²) in [4.78, 5) is 24.2. The molecule has 6 heteroatoms. The molecule has 1 aromatic rings. The number of likely N-dealkylation sites (N-methyl/N-ethyl adjacent to an activating group) is 1. The average Bonchev–Trinajstić information content (AvgIpc) is 2.42. The van der Waals surface area contributed by atoms with Crippen molar-refractivity contribution < 1.29 is 4.79 Å². The maximum Gasteiger partial charge on any atom is 0.271 e. The summed E-state index contributed by atoms with van der Waals surface area (Å²) in [6.45, 7) is 5.87. The lowest BCUT2D eigenvalue weighted by atomic mass is 10.3. The van der Waals surface area contributed by atoms with Crippen LogP contribution in [0.5, 0.6) is 0 Å². The second-order valence-corrected chi connectivity index (χ2v) is 4.49. The lowest BCUT2D eigenvalue weighted by molar-refractivity contribution is 0.0935. The van der Waals surface area contributed by atoms with E-state index in [0.29, 0.717) is 12.2 Å². The highest BCUT2D eigenvalue weighted by atomic mass is 16.1. The van der Waals surface area contributed by atoms with Crippen molar-refractivity contribution in [2.24, 2.45) is 0 Å². The molecule has 1 aliphatic rings. The summed E-state index contributed by atoms with van der Waals surface area (Å²) >= 11 is 0. The first kappa shape index (κ1) is 12.9. The molecule has 1 aliphatic heterocycles. The number of hydrogen-bond donors (Lipinski definition) is 1. The second kappa shape index (κ2) is 6.42. The first-order valence-corrected chi connectivity index (χ1v) is 6.21. The SMILES string of the molecule is CN1CCN(CCNC(=O)c2cnccn2)CC1. The van der Waals surface area contributed by atoms with E-state index in [1.54, 1.807) is 6.20 Å². The molecule has 0 unspecified atom stereocenters. The van der Waals surface area contributed by atoms with Crippen LogP contribution in [0.1, 0.15) is 10.5 Å². The number of rotatable bonds is 4. The van der Waals surface area contributed by atoms with Crippen molar-refractivity contribution in [3.63, 3.8) is 0 Å². The van der Waals surface area contributed by atoms with Gasteiger partial charge >= 0.3 is 0 Å². The number of nitrogens with zero attached hydrogens (tertiary/aromatic N) is 4. The van der Waals surface area contributed by atoms with Gasteiger partial charge in [-0.15, -0.1) is 0 Å². The van der Waals surface area contributed by atoms with E-state index in [4.69, 9.17) is 0 Å². The van der Waals surface area contributed by atoms with Gasteiger partial charge in [0.1, 0.15) is 5.69 Å². The fourth-order valence-corrected chi connectivity index (χ4v) is 1.91. The number of nitrogens with one attached hydrogen (secondary N) is 1. The molecular formula is C12H19N5O. The van der Waals surface area contributed by atoms with Crippen molar-refractivity contribution in [3.05, 3.63) is 24.3 Å².